The van der Waals surface area contributed by atoms with Gasteiger partial charge in [0, 0.05) is 18.5 Å². The molecule has 2 aromatic heterocycles. The van der Waals surface area contributed by atoms with Crippen LogP contribution in [0.3, 0.4) is 0 Å². The number of nitrogens with one attached hydrogen (secondary N) is 1. The smallest absolute Gasteiger partial charge is 0.256 e. The summed E-state index contributed by atoms with van der Waals surface area (Å²) in [4.78, 5) is 13.1. The number of hydrogen-bond donors (Lipinski definition) is 1. The summed E-state index contributed by atoms with van der Waals surface area (Å²) in [7, 11) is 1.60. The number of thiophene rings is 1. The van der Waals surface area contributed by atoms with Crippen molar-refractivity contribution in [2.24, 2.45) is 0 Å². The average molecular weight is 315 g/mol. The van der Waals surface area contributed by atoms with Gasteiger partial charge in [0.25, 0.3) is 5.91 Å². The molecule has 20 heavy (non-hydrogen) atoms. The summed E-state index contributed by atoms with van der Waals surface area (Å²) in [6, 6.07) is 3.70. The van der Waals surface area contributed by atoms with Gasteiger partial charge >= 0.3 is 0 Å². The molecule has 0 saturated heterocycles. The molecule has 2 rings (SSSR count). The first-order chi connectivity index (χ1) is 9.52. The molecule has 0 bridgehead atoms. The molecule has 0 aliphatic rings. The van der Waals surface area contributed by atoms with E-state index in [-0.39, 0.29) is 12.0 Å². The van der Waals surface area contributed by atoms with Crippen molar-refractivity contribution < 1.29 is 14.1 Å². The van der Waals surface area contributed by atoms with Crippen molar-refractivity contribution in [1.29, 1.82) is 0 Å². The summed E-state index contributed by atoms with van der Waals surface area (Å²) in [5, 5.41) is 6.59. The maximum absolute atomic E-state index is 12.1. The molecule has 0 fully saturated rings. The minimum absolute atomic E-state index is 0.217. The Morgan fingerprint density at radius 2 is 2.30 bits per heavy atom. The fourth-order valence-corrected chi connectivity index (χ4v) is 3.02. The molecular formula is C13H15ClN2O3S. The van der Waals surface area contributed by atoms with Crippen LogP contribution >= 0.6 is 22.9 Å². The third-order valence-electron chi connectivity index (χ3n) is 2.90. The second-order valence-corrected chi connectivity index (χ2v) is 6.02. The van der Waals surface area contributed by atoms with E-state index in [0.717, 1.165) is 4.88 Å². The second kappa shape index (κ2) is 6.39. The molecule has 108 valence electrons. The third kappa shape index (κ3) is 3.20. The lowest BCUT2D eigenvalue weighted by Crippen LogP contribution is -2.29. The van der Waals surface area contributed by atoms with Crippen molar-refractivity contribution in [2.45, 2.75) is 20.0 Å². The molecule has 0 saturated carbocycles. The summed E-state index contributed by atoms with van der Waals surface area (Å²) in [6.45, 7) is 3.80. The highest BCUT2D eigenvalue weighted by molar-refractivity contribution is 7.16. The first-order valence-corrected chi connectivity index (χ1v) is 7.21. The highest BCUT2D eigenvalue weighted by Crippen LogP contribution is 2.28. The van der Waals surface area contributed by atoms with Gasteiger partial charge in [-0.15, -0.1) is 11.3 Å². The number of hydrogen-bond acceptors (Lipinski definition) is 5. The normalized spacial score (nSPS) is 12.4. The Morgan fingerprint density at radius 1 is 1.55 bits per heavy atom. The Labute approximate surface area is 125 Å². The molecule has 1 N–H and O–H groups in total. The highest BCUT2D eigenvalue weighted by Gasteiger charge is 2.19. The number of rotatable bonds is 5. The van der Waals surface area contributed by atoms with Gasteiger partial charge in [0.1, 0.15) is 17.4 Å². The Kier molecular flexibility index (Phi) is 4.80. The first kappa shape index (κ1) is 15.0. The Hall–Kier alpha value is -1.37. The molecular weight excluding hydrogens is 300 g/mol. The van der Waals surface area contributed by atoms with E-state index in [2.05, 4.69) is 10.5 Å². The number of aromatic nitrogens is 1. The Morgan fingerprint density at radius 3 is 2.80 bits per heavy atom. The monoisotopic (exact) mass is 314 g/mol. The molecule has 1 atom stereocenters. The molecule has 2 heterocycles. The van der Waals surface area contributed by atoms with Crippen molar-refractivity contribution in [3.8, 4) is 0 Å². The molecule has 5 nitrogen and oxygen atoms in total. The molecule has 0 aliphatic heterocycles. The molecule has 0 spiro atoms. The van der Waals surface area contributed by atoms with Crippen molar-refractivity contribution >= 4 is 28.8 Å². The van der Waals surface area contributed by atoms with Gasteiger partial charge in [-0.3, -0.25) is 4.79 Å². The lowest BCUT2D eigenvalue weighted by Gasteiger charge is -2.14. The number of carbonyl (C=O) groups excluding carboxylic acids is 1. The number of ether oxygens (including phenoxy) is 1. The standard InChI is InChI=1S/C13H15ClN2O3S/c1-7-12(8(2)19-16-7)13(17)15-6-9(18-3)10-4-5-11(14)20-10/h4-5,9H,6H2,1-3H3,(H,15,17)/t9-/m1/s1. The lowest BCUT2D eigenvalue weighted by atomic mass is 10.2. The van der Waals surface area contributed by atoms with Gasteiger partial charge < -0.3 is 14.6 Å². The van der Waals surface area contributed by atoms with Crippen LogP contribution in [0.1, 0.15) is 32.8 Å². The number of halogens is 1. The fourth-order valence-electron chi connectivity index (χ4n) is 1.88. The van der Waals surface area contributed by atoms with E-state index in [0.29, 0.717) is 27.9 Å². The number of methoxy groups -OCH3 is 1. The quantitative estimate of drug-likeness (QED) is 0.921. The zero-order valence-corrected chi connectivity index (χ0v) is 13.0. The topological polar surface area (TPSA) is 64.4 Å². The minimum Gasteiger partial charge on any atom is -0.374 e. The molecule has 2 aromatic rings. The number of nitrogens with zero attached hydrogens (tertiary/aromatic N) is 1. The van der Waals surface area contributed by atoms with Crippen LogP contribution in [0.5, 0.6) is 0 Å². The van der Waals surface area contributed by atoms with E-state index in [1.54, 1.807) is 21.0 Å². The number of amides is 1. The van der Waals surface area contributed by atoms with Crippen LogP contribution in [-0.2, 0) is 4.74 Å². The lowest BCUT2D eigenvalue weighted by molar-refractivity contribution is 0.0836. The minimum atomic E-state index is -0.225. The predicted molar refractivity (Wildman–Crippen MR) is 77.4 cm³/mol. The zero-order valence-electron chi connectivity index (χ0n) is 11.4. The highest BCUT2D eigenvalue weighted by atomic mass is 35.5. The summed E-state index contributed by atoms with van der Waals surface area (Å²) in [5.74, 6) is 0.291. The average Bonchev–Trinajstić information content (AvgIpc) is 2.97. The summed E-state index contributed by atoms with van der Waals surface area (Å²) >= 11 is 7.34. The van der Waals surface area contributed by atoms with Gasteiger partial charge in [-0.25, -0.2) is 0 Å². The van der Waals surface area contributed by atoms with Crippen molar-refractivity contribution in [1.82, 2.24) is 10.5 Å². The zero-order chi connectivity index (χ0) is 14.7. The maximum Gasteiger partial charge on any atom is 0.256 e. The van der Waals surface area contributed by atoms with Crippen LogP contribution in [0, 0.1) is 13.8 Å². The summed E-state index contributed by atoms with van der Waals surface area (Å²) < 4.78 is 11.0. The molecule has 7 heteroatoms. The van der Waals surface area contributed by atoms with E-state index in [4.69, 9.17) is 20.9 Å². The van der Waals surface area contributed by atoms with Crippen molar-refractivity contribution in [3.05, 3.63) is 38.4 Å². The number of aryl methyl sites for hydroxylation is 2. The largest absolute Gasteiger partial charge is 0.374 e. The van der Waals surface area contributed by atoms with Crippen LogP contribution < -0.4 is 5.32 Å². The van der Waals surface area contributed by atoms with E-state index in [1.165, 1.54) is 11.3 Å². The van der Waals surface area contributed by atoms with Crippen LogP contribution in [0.2, 0.25) is 4.34 Å². The third-order valence-corrected chi connectivity index (χ3v) is 4.23. The Bertz CT molecular complexity index is 589. The van der Waals surface area contributed by atoms with Crippen molar-refractivity contribution in [3.63, 3.8) is 0 Å². The van der Waals surface area contributed by atoms with Crippen LogP contribution in [-0.4, -0.2) is 24.7 Å². The molecule has 0 aliphatic carbocycles. The van der Waals surface area contributed by atoms with Crippen LogP contribution in [0.4, 0.5) is 0 Å². The second-order valence-electron chi connectivity index (χ2n) is 4.28. The number of carbonyl (C=O) groups is 1. The first-order valence-electron chi connectivity index (χ1n) is 6.02. The van der Waals surface area contributed by atoms with Gasteiger partial charge in [-0.1, -0.05) is 16.8 Å². The van der Waals surface area contributed by atoms with Gasteiger partial charge in [-0.05, 0) is 26.0 Å². The fraction of sp³-hybridized carbons (Fsp3) is 0.385. The molecule has 0 radical (unpaired) electrons. The Balaban J connectivity index is 2.02. The van der Waals surface area contributed by atoms with E-state index in [9.17, 15) is 4.79 Å². The molecule has 0 unspecified atom stereocenters. The van der Waals surface area contributed by atoms with Crippen LogP contribution in [0.15, 0.2) is 16.7 Å². The van der Waals surface area contributed by atoms with Gasteiger partial charge in [0.05, 0.1) is 10.0 Å². The predicted octanol–water partition coefficient (Wildman–Crippen LogP) is 3.12. The summed E-state index contributed by atoms with van der Waals surface area (Å²) in [5.41, 5.74) is 1.05. The van der Waals surface area contributed by atoms with E-state index < -0.39 is 0 Å². The molecule has 1 amide bonds. The molecule has 0 aromatic carbocycles. The van der Waals surface area contributed by atoms with Crippen molar-refractivity contribution in [2.75, 3.05) is 13.7 Å². The van der Waals surface area contributed by atoms with E-state index >= 15 is 0 Å². The van der Waals surface area contributed by atoms with E-state index in [1.807, 2.05) is 12.1 Å². The summed E-state index contributed by atoms with van der Waals surface area (Å²) in [6.07, 6.45) is -0.225. The van der Waals surface area contributed by atoms with Gasteiger partial charge in [0.15, 0.2) is 0 Å². The van der Waals surface area contributed by atoms with Crippen LogP contribution in [0.25, 0.3) is 0 Å². The van der Waals surface area contributed by atoms with Gasteiger partial charge in [0.2, 0.25) is 0 Å². The maximum atomic E-state index is 12.1. The SMILES string of the molecule is CO[C@H](CNC(=O)c1c(C)noc1C)c1ccc(Cl)s1. The van der Waals surface area contributed by atoms with Gasteiger partial charge in [-0.2, -0.15) is 0 Å².